The summed E-state index contributed by atoms with van der Waals surface area (Å²) < 4.78 is 81.1. The first kappa shape index (κ1) is 17.1. The fraction of sp³-hybridized carbons (Fsp3) is 0.143. The van der Waals surface area contributed by atoms with Crippen LogP contribution in [0.2, 0.25) is 0 Å². The Morgan fingerprint density at radius 1 is 0.591 bits per heavy atom. The zero-order chi connectivity index (χ0) is 16.6. The van der Waals surface area contributed by atoms with Gasteiger partial charge in [-0.2, -0.15) is 0 Å². The van der Waals surface area contributed by atoms with Crippen LogP contribution in [0.15, 0.2) is 21.9 Å². The highest BCUT2D eigenvalue weighted by molar-refractivity contribution is 8.76. The smallest absolute Gasteiger partial charge is 0.146 e. The maximum atomic E-state index is 13.8. The molecule has 0 amide bonds. The summed E-state index contributed by atoms with van der Waals surface area (Å²) in [6.07, 6.45) is 0. The average Bonchev–Trinajstić information content (AvgIpc) is 2.45. The first-order valence-electron chi connectivity index (χ1n) is 5.86. The average molecular weight is 354 g/mol. The highest BCUT2D eigenvalue weighted by Crippen LogP contribution is 2.43. The highest BCUT2D eigenvalue weighted by Gasteiger charge is 2.21. The lowest BCUT2D eigenvalue weighted by Crippen LogP contribution is -1.97. The lowest BCUT2D eigenvalue weighted by Gasteiger charge is -2.10. The zero-order valence-electron chi connectivity index (χ0n) is 11.2. The van der Waals surface area contributed by atoms with Gasteiger partial charge in [0.15, 0.2) is 0 Å². The summed E-state index contributed by atoms with van der Waals surface area (Å²) in [5.74, 6) is -6.77. The summed E-state index contributed by atoms with van der Waals surface area (Å²) in [5.41, 5.74) is -0.804. The summed E-state index contributed by atoms with van der Waals surface area (Å²) in [4.78, 5) is -1.16. The van der Waals surface area contributed by atoms with Gasteiger partial charge in [-0.3, -0.25) is 0 Å². The van der Waals surface area contributed by atoms with Crippen LogP contribution in [0.4, 0.5) is 26.3 Å². The molecule has 0 aromatic heterocycles. The Morgan fingerprint density at radius 3 is 1.23 bits per heavy atom. The highest BCUT2D eigenvalue weighted by atomic mass is 33.1. The first-order chi connectivity index (χ1) is 10.2. The SMILES string of the molecule is Cc1c(F)cc(F)c(SSc2c(F)cc(F)c(C)c2F)c1F. The fourth-order valence-corrected chi connectivity index (χ4v) is 3.88. The third-order valence-electron chi connectivity index (χ3n) is 2.92. The molecule has 0 aliphatic carbocycles. The Morgan fingerprint density at radius 2 is 0.909 bits per heavy atom. The normalized spacial score (nSPS) is 11.1. The number of halogens is 6. The molecule has 0 aliphatic heterocycles. The molecule has 0 fully saturated rings. The molecule has 0 atom stereocenters. The summed E-state index contributed by atoms with van der Waals surface area (Å²) in [6.45, 7) is 2.23. The second-order valence-electron chi connectivity index (χ2n) is 4.38. The van der Waals surface area contributed by atoms with E-state index in [0.717, 1.165) is 13.8 Å². The predicted octanol–water partition coefficient (Wildman–Crippen LogP) is 5.94. The molecule has 0 saturated carbocycles. The molecule has 0 aliphatic rings. The second kappa shape index (κ2) is 6.45. The van der Waals surface area contributed by atoms with Gasteiger partial charge < -0.3 is 0 Å². The van der Waals surface area contributed by atoms with Gasteiger partial charge in [0, 0.05) is 23.3 Å². The fourth-order valence-electron chi connectivity index (χ4n) is 1.57. The largest absolute Gasteiger partial charge is 0.206 e. The first-order valence-corrected chi connectivity index (χ1v) is 8.01. The standard InChI is InChI=1S/C14H8F6S2/c1-5-7(15)3-9(17)13(11(5)19)21-22-14-10(18)4-8(16)6(2)12(14)20/h3-4H,1-2H3. The molecular formula is C14H8F6S2. The summed E-state index contributed by atoms with van der Waals surface area (Å²) >= 11 is 0. The van der Waals surface area contributed by atoms with Crippen LogP contribution < -0.4 is 0 Å². The van der Waals surface area contributed by atoms with E-state index in [0.29, 0.717) is 33.7 Å². The van der Waals surface area contributed by atoms with Crippen molar-refractivity contribution in [1.29, 1.82) is 0 Å². The van der Waals surface area contributed by atoms with Gasteiger partial charge in [0.2, 0.25) is 0 Å². The zero-order valence-corrected chi connectivity index (χ0v) is 12.9. The molecule has 2 rings (SSSR count). The van der Waals surface area contributed by atoms with Crippen molar-refractivity contribution in [3.05, 3.63) is 58.2 Å². The minimum atomic E-state index is -1.18. The van der Waals surface area contributed by atoms with Gasteiger partial charge in [0.1, 0.15) is 34.9 Å². The minimum Gasteiger partial charge on any atom is -0.206 e. The Kier molecular flexibility index (Phi) is 5.01. The van der Waals surface area contributed by atoms with Crippen LogP contribution >= 0.6 is 21.6 Å². The van der Waals surface area contributed by atoms with Crippen molar-refractivity contribution < 1.29 is 26.3 Å². The minimum absolute atomic E-state index is 0.390. The van der Waals surface area contributed by atoms with E-state index >= 15 is 0 Å². The van der Waals surface area contributed by atoms with E-state index in [9.17, 15) is 26.3 Å². The molecular weight excluding hydrogens is 346 g/mol. The van der Waals surface area contributed by atoms with Crippen molar-refractivity contribution in [3.63, 3.8) is 0 Å². The van der Waals surface area contributed by atoms with Gasteiger partial charge in [-0.05, 0) is 35.4 Å². The molecule has 2 aromatic carbocycles. The van der Waals surface area contributed by atoms with Crippen LogP contribution in [-0.4, -0.2) is 0 Å². The summed E-state index contributed by atoms with van der Waals surface area (Å²) in [6, 6.07) is 0.980. The maximum Gasteiger partial charge on any atom is 0.146 e. The third-order valence-corrected chi connectivity index (χ3v) is 5.34. The molecule has 0 nitrogen and oxygen atoms in total. The number of hydrogen-bond donors (Lipinski definition) is 0. The Bertz CT molecular complexity index is 682. The van der Waals surface area contributed by atoms with Crippen molar-refractivity contribution in [3.8, 4) is 0 Å². The van der Waals surface area contributed by atoms with Gasteiger partial charge in [0.05, 0.1) is 9.79 Å². The van der Waals surface area contributed by atoms with E-state index in [-0.39, 0.29) is 0 Å². The van der Waals surface area contributed by atoms with Gasteiger partial charge in [-0.25, -0.2) is 26.3 Å². The van der Waals surface area contributed by atoms with E-state index < -0.39 is 55.8 Å². The maximum absolute atomic E-state index is 13.8. The molecule has 0 radical (unpaired) electrons. The van der Waals surface area contributed by atoms with Crippen LogP contribution in [0.1, 0.15) is 11.1 Å². The van der Waals surface area contributed by atoms with E-state index in [4.69, 9.17) is 0 Å². The number of rotatable bonds is 3. The quantitative estimate of drug-likeness (QED) is 0.494. The Hall–Kier alpha value is -1.28. The van der Waals surface area contributed by atoms with Crippen LogP contribution in [0.25, 0.3) is 0 Å². The molecule has 0 bridgehead atoms. The van der Waals surface area contributed by atoms with Crippen LogP contribution in [-0.2, 0) is 0 Å². The number of hydrogen-bond acceptors (Lipinski definition) is 2. The molecule has 0 heterocycles. The molecule has 0 unspecified atom stereocenters. The number of benzene rings is 2. The molecule has 8 heteroatoms. The van der Waals surface area contributed by atoms with Crippen molar-refractivity contribution in [2.75, 3.05) is 0 Å². The topological polar surface area (TPSA) is 0 Å². The molecule has 0 N–H and O–H groups in total. The second-order valence-corrected chi connectivity index (χ2v) is 6.53. The molecule has 2 aromatic rings. The van der Waals surface area contributed by atoms with Crippen molar-refractivity contribution >= 4 is 21.6 Å². The van der Waals surface area contributed by atoms with Crippen LogP contribution in [0.3, 0.4) is 0 Å². The van der Waals surface area contributed by atoms with Crippen molar-refractivity contribution in [2.24, 2.45) is 0 Å². The van der Waals surface area contributed by atoms with Gasteiger partial charge in [-0.1, -0.05) is 0 Å². The van der Waals surface area contributed by atoms with E-state index in [1.54, 1.807) is 0 Å². The van der Waals surface area contributed by atoms with Crippen molar-refractivity contribution in [1.82, 2.24) is 0 Å². The van der Waals surface area contributed by atoms with Crippen LogP contribution in [0, 0.1) is 48.8 Å². The lowest BCUT2D eigenvalue weighted by atomic mass is 10.2. The van der Waals surface area contributed by atoms with E-state index in [1.807, 2.05) is 0 Å². The molecule has 0 saturated heterocycles. The van der Waals surface area contributed by atoms with Gasteiger partial charge in [-0.15, -0.1) is 0 Å². The Labute approximate surface area is 130 Å². The van der Waals surface area contributed by atoms with Crippen molar-refractivity contribution in [2.45, 2.75) is 23.6 Å². The Balaban J connectivity index is 2.36. The van der Waals surface area contributed by atoms with Crippen LogP contribution in [0.5, 0.6) is 0 Å². The van der Waals surface area contributed by atoms with Gasteiger partial charge in [0.25, 0.3) is 0 Å². The molecule has 22 heavy (non-hydrogen) atoms. The molecule has 118 valence electrons. The summed E-state index contributed by atoms with van der Waals surface area (Å²) in [7, 11) is 0.780. The van der Waals surface area contributed by atoms with Gasteiger partial charge >= 0.3 is 0 Å². The monoisotopic (exact) mass is 354 g/mol. The summed E-state index contributed by atoms with van der Waals surface area (Å²) in [5, 5.41) is 0. The lowest BCUT2D eigenvalue weighted by molar-refractivity contribution is 0.499. The molecule has 0 spiro atoms. The third kappa shape index (κ3) is 3.08. The predicted molar refractivity (Wildman–Crippen MR) is 73.8 cm³/mol. The van der Waals surface area contributed by atoms with E-state index in [2.05, 4.69) is 0 Å². The van der Waals surface area contributed by atoms with E-state index in [1.165, 1.54) is 0 Å².